The summed E-state index contributed by atoms with van der Waals surface area (Å²) in [5.74, 6) is 0.855. The zero-order chi connectivity index (χ0) is 15.8. The van der Waals surface area contributed by atoms with Crippen molar-refractivity contribution in [3.05, 3.63) is 60.2 Å². The Hall–Kier alpha value is -1.94. The second-order valence-electron chi connectivity index (χ2n) is 5.03. The molecule has 0 saturated heterocycles. The molecule has 22 heavy (non-hydrogen) atoms. The van der Waals surface area contributed by atoms with Gasteiger partial charge in [0, 0.05) is 4.90 Å². The number of amides is 1. The Morgan fingerprint density at radius 3 is 2.50 bits per heavy atom. The average Bonchev–Trinajstić information content (AvgIpc) is 2.54. The van der Waals surface area contributed by atoms with Gasteiger partial charge < -0.3 is 10.1 Å². The number of hydrogen-bond donors (Lipinski definition) is 1. The molecule has 1 amide bonds. The first kappa shape index (κ1) is 16.4. The van der Waals surface area contributed by atoms with Gasteiger partial charge in [-0.15, -0.1) is 11.8 Å². The summed E-state index contributed by atoms with van der Waals surface area (Å²) in [6.45, 7) is 4.92. The predicted octanol–water partition coefficient (Wildman–Crippen LogP) is 3.67. The Morgan fingerprint density at radius 2 is 1.82 bits per heavy atom. The molecule has 0 bridgehead atoms. The summed E-state index contributed by atoms with van der Waals surface area (Å²) >= 11 is 1.55. The van der Waals surface area contributed by atoms with E-state index in [1.54, 1.807) is 11.8 Å². The van der Waals surface area contributed by atoms with Crippen LogP contribution in [0.1, 0.15) is 12.5 Å². The minimum Gasteiger partial charge on any atom is -0.492 e. The molecular formula is C18H21NO2S. The van der Waals surface area contributed by atoms with Crippen LogP contribution in [0.5, 0.6) is 5.75 Å². The Balaban J connectivity index is 1.67. The van der Waals surface area contributed by atoms with Gasteiger partial charge in [0.25, 0.3) is 0 Å². The van der Waals surface area contributed by atoms with Gasteiger partial charge in [0.1, 0.15) is 12.4 Å². The van der Waals surface area contributed by atoms with Crippen LogP contribution in [0.25, 0.3) is 0 Å². The van der Waals surface area contributed by atoms with Gasteiger partial charge in [-0.1, -0.05) is 35.9 Å². The molecule has 0 fully saturated rings. The lowest BCUT2D eigenvalue weighted by Gasteiger charge is -2.12. The third-order valence-corrected chi connectivity index (χ3v) is 4.23. The minimum absolute atomic E-state index is 0.0290. The largest absolute Gasteiger partial charge is 0.492 e. The first-order valence-corrected chi connectivity index (χ1v) is 8.22. The number of rotatable bonds is 7. The molecular weight excluding hydrogens is 294 g/mol. The van der Waals surface area contributed by atoms with Crippen LogP contribution in [0.4, 0.5) is 0 Å². The van der Waals surface area contributed by atoms with Crippen molar-refractivity contribution in [3.8, 4) is 5.75 Å². The lowest BCUT2D eigenvalue weighted by Crippen LogP contribution is -2.33. The number of carbonyl (C=O) groups is 1. The molecule has 3 nitrogen and oxygen atoms in total. The number of carbonyl (C=O) groups excluding carboxylic acids is 1. The van der Waals surface area contributed by atoms with Crippen molar-refractivity contribution in [3.63, 3.8) is 0 Å². The van der Waals surface area contributed by atoms with Gasteiger partial charge in [0.05, 0.1) is 11.8 Å². The Bertz CT molecular complexity index is 584. The fourth-order valence-corrected chi connectivity index (χ4v) is 2.79. The summed E-state index contributed by atoms with van der Waals surface area (Å²) in [5, 5.41) is 2.78. The molecule has 116 valence electrons. The zero-order valence-electron chi connectivity index (χ0n) is 12.9. The highest BCUT2D eigenvalue weighted by molar-refractivity contribution is 8.00. The Morgan fingerprint density at radius 1 is 1.14 bits per heavy atom. The quantitative estimate of drug-likeness (QED) is 0.626. The number of ether oxygens (including phenoxy) is 1. The van der Waals surface area contributed by atoms with Crippen LogP contribution >= 0.6 is 11.8 Å². The van der Waals surface area contributed by atoms with Crippen molar-refractivity contribution < 1.29 is 9.53 Å². The number of benzene rings is 2. The smallest absolute Gasteiger partial charge is 0.233 e. The van der Waals surface area contributed by atoms with E-state index >= 15 is 0 Å². The van der Waals surface area contributed by atoms with Gasteiger partial charge in [-0.2, -0.15) is 0 Å². The number of thioether (sulfide) groups is 1. The molecule has 0 spiro atoms. The SMILES string of the molecule is Cc1ccc(OCCNC(=O)[C@H](C)Sc2ccccc2)cc1. The molecule has 0 aliphatic carbocycles. The highest BCUT2D eigenvalue weighted by atomic mass is 32.2. The van der Waals surface area contributed by atoms with E-state index in [0.29, 0.717) is 13.2 Å². The number of hydrogen-bond acceptors (Lipinski definition) is 3. The van der Waals surface area contributed by atoms with Gasteiger partial charge in [0.2, 0.25) is 5.91 Å². The molecule has 0 saturated carbocycles. The molecule has 1 atom stereocenters. The zero-order valence-corrected chi connectivity index (χ0v) is 13.7. The summed E-state index contributed by atoms with van der Waals surface area (Å²) in [7, 11) is 0. The fraction of sp³-hybridized carbons (Fsp3) is 0.278. The highest BCUT2D eigenvalue weighted by Crippen LogP contribution is 2.22. The van der Waals surface area contributed by atoms with Crippen LogP contribution in [0.2, 0.25) is 0 Å². The average molecular weight is 315 g/mol. The van der Waals surface area contributed by atoms with Crippen LogP contribution in [-0.2, 0) is 4.79 Å². The lowest BCUT2D eigenvalue weighted by atomic mass is 10.2. The fourth-order valence-electron chi connectivity index (χ4n) is 1.88. The molecule has 2 aromatic carbocycles. The maximum atomic E-state index is 12.0. The normalized spacial score (nSPS) is 11.7. The lowest BCUT2D eigenvalue weighted by molar-refractivity contribution is -0.120. The Labute approximate surface area is 136 Å². The van der Waals surface area contributed by atoms with Gasteiger partial charge in [-0.05, 0) is 38.1 Å². The standard InChI is InChI=1S/C18H21NO2S/c1-14-8-10-16(11-9-14)21-13-12-19-18(20)15(2)22-17-6-4-3-5-7-17/h3-11,15H,12-13H2,1-2H3,(H,19,20)/t15-/m0/s1. The van der Waals surface area contributed by atoms with Crippen molar-refractivity contribution >= 4 is 17.7 Å². The molecule has 4 heteroatoms. The first-order valence-electron chi connectivity index (χ1n) is 7.34. The van der Waals surface area contributed by atoms with Crippen LogP contribution < -0.4 is 10.1 Å². The molecule has 0 radical (unpaired) electrons. The van der Waals surface area contributed by atoms with E-state index in [9.17, 15) is 4.79 Å². The summed E-state index contributed by atoms with van der Waals surface area (Å²) < 4.78 is 5.59. The van der Waals surface area contributed by atoms with E-state index in [4.69, 9.17) is 4.74 Å². The van der Waals surface area contributed by atoms with Gasteiger partial charge in [0.15, 0.2) is 0 Å². The van der Waals surface area contributed by atoms with Gasteiger partial charge in [-0.25, -0.2) is 0 Å². The van der Waals surface area contributed by atoms with E-state index in [1.807, 2.05) is 68.4 Å². The minimum atomic E-state index is -0.123. The maximum absolute atomic E-state index is 12.0. The molecule has 2 aromatic rings. The molecule has 0 aliphatic heterocycles. The van der Waals surface area contributed by atoms with E-state index in [2.05, 4.69) is 5.32 Å². The van der Waals surface area contributed by atoms with Crippen LogP contribution in [0.15, 0.2) is 59.5 Å². The molecule has 2 rings (SSSR count). The first-order chi connectivity index (χ1) is 10.6. The molecule has 0 unspecified atom stereocenters. The van der Waals surface area contributed by atoms with Crippen LogP contribution in [-0.4, -0.2) is 24.3 Å². The summed E-state index contributed by atoms with van der Waals surface area (Å²) in [5.41, 5.74) is 1.20. The topological polar surface area (TPSA) is 38.3 Å². The summed E-state index contributed by atoms with van der Waals surface area (Å²) in [4.78, 5) is 13.1. The molecule has 0 heterocycles. The predicted molar refractivity (Wildman–Crippen MR) is 91.4 cm³/mol. The number of aryl methyl sites for hydroxylation is 1. The van der Waals surface area contributed by atoms with Crippen molar-refractivity contribution in [2.75, 3.05) is 13.2 Å². The Kier molecular flexibility index (Phi) is 6.34. The molecule has 0 aliphatic rings. The third kappa shape index (κ3) is 5.45. The van der Waals surface area contributed by atoms with Gasteiger partial charge in [-0.3, -0.25) is 4.79 Å². The van der Waals surface area contributed by atoms with Crippen molar-refractivity contribution in [1.29, 1.82) is 0 Å². The van der Waals surface area contributed by atoms with E-state index in [0.717, 1.165) is 10.6 Å². The van der Waals surface area contributed by atoms with Crippen molar-refractivity contribution in [1.82, 2.24) is 5.32 Å². The van der Waals surface area contributed by atoms with E-state index in [-0.39, 0.29) is 11.2 Å². The monoisotopic (exact) mass is 315 g/mol. The van der Waals surface area contributed by atoms with Gasteiger partial charge >= 0.3 is 0 Å². The van der Waals surface area contributed by atoms with Crippen LogP contribution in [0, 0.1) is 6.92 Å². The molecule has 1 N–H and O–H groups in total. The van der Waals surface area contributed by atoms with E-state index in [1.165, 1.54) is 5.56 Å². The van der Waals surface area contributed by atoms with E-state index < -0.39 is 0 Å². The maximum Gasteiger partial charge on any atom is 0.233 e. The third-order valence-electron chi connectivity index (χ3n) is 3.12. The van der Waals surface area contributed by atoms with Crippen molar-refractivity contribution in [2.24, 2.45) is 0 Å². The molecule has 0 aromatic heterocycles. The summed E-state index contributed by atoms with van der Waals surface area (Å²) in [6.07, 6.45) is 0. The highest BCUT2D eigenvalue weighted by Gasteiger charge is 2.13. The number of nitrogens with one attached hydrogen (secondary N) is 1. The van der Waals surface area contributed by atoms with Crippen LogP contribution in [0.3, 0.4) is 0 Å². The van der Waals surface area contributed by atoms with Crippen molar-refractivity contribution in [2.45, 2.75) is 24.0 Å². The second-order valence-corrected chi connectivity index (χ2v) is 6.44. The summed E-state index contributed by atoms with van der Waals surface area (Å²) in [6, 6.07) is 17.8. The second kappa shape index (κ2) is 8.49.